The molecule has 0 aliphatic carbocycles. The zero-order valence-corrected chi connectivity index (χ0v) is 27.4. The number of amides is 1. The molecule has 4 aromatic rings. The molecule has 6 heteroatoms. The number of nitrogens with zero attached hydrogens (tertiary/aromatic N) is 1. The molecule has 8 bridgehead atoms. The minimum atomic E-state index is 0.802. The molecule has 0 spiro atoms. The van der Waals surface area contributed by atoms with Crippen LogP contribution in [-0.4, -0.2) is 25.9 Å². The van der Waals surface area contributed by atoms with Gasteiger partial charge in [-0.1, -0.05) is 48.5 Å². The molecule has 228 valence electrons. The number of rotatable bonds is 10. The molecule has 5 rings (SSSR count). The third-order valence-electron chi connectivity index (χ3n) is 9.43. The molecule has 0 atom stereocenters. The highest BCUT2D eigenvalue weighted by Gasteiger charge is 2.25. The number of H-pyrrole nitrogens is 3. The van der Waals surface area contributed by atoms with Crippen LogP contribution < -0.4 is 26.7 Å². The summed E-state index contributed by atoms with van der Waals surface area (Å²) in [5.74, 6) is 0. The first-order valence-electron chi connectivity index (χ1n) is 16.5. The predicted molar refractivity (Wildman–Crippen MR) is 179 cm³/mol. The van der Waals surface area contributed by atoms with Gasteiger partial charge in [0.25, 0.3) is 0 Å². The molecule has 4 N–H and O–H groups in total. The number of aromatic amines is 3. The monoisotopic (exact) mass is 579 g/mol. The van der Waals surface area contributed by atoms with E-state index in [1.807, 2.05) is 0 Å². The Bertz CT molecular complexity index is 1900. The zero-order valence-electron chi connectivity index (χ0n) is 27.4. The van der Waals surface area contributed by atoms with Crippen LogP contribution >= 0.6 is 0 Å². The maximum atomic E-state index is 12.4. The third kappa shape index (κ3) is 4.85. The number of nitrogens with one attached hydrogen (secondary N) is 4. The van der Waals surface area contributed by atoms with Crippen LogP contribution in [0.4, 0.5) is 0 Å². The Morgan fingerprint density at radius 2 is 1.12 bits per heavy atom. The van der Waals surface area contributed by atoms with Crippen LogP contribution in [0.1, 0.15) is 120 Å². The molecule has 0 fully saturated rings. The number of aromatic nitrogens is 4. The fourth-order valence-electron chi connectivity index (χ4n) is 7.59. The first-order chi connectivity index (χ1) is 21.0. The van der Waals surface area contributed by atoms with E-state index in [0.29, 0.717) is 0 Å². The molecule has 0 radical (unpaired) electrons. The molecular formula is C37H49N5O. The topological polar surface area (TPSA) is 81.4 Å². The second-order valence-electron chi connectivity index (χ2n) is 11.3. The SMILES string of the molecule is CCC1=c2ccc([nH]2)=C(CC)c2[nH]c(c(CC)c2CC)C(NC=O)=c2c(CC)c(CC)c(n2CC)=C(CC)c2ccc1[nH]2. The molecule has 1 aliphatic rings. The van der Waals surface area contributed by atoms with E-state index in [1.54, 1.807) is 0 Å². The summed E-state index contributed by atoms with van der Waals surface area (Å²) in [4.78, 5) is 23.9. The van der Waals surface area contributed by atoms with E-state index in [9.17, 15) is 4.79 Å². The molecule has 0 saturated heterocycles. The molecule has 0 saturated carbocycles. The third-order valence-corrected chi connectivity index (χ3v) is 9.43. The lowest BCUT2D eigenvalue weighted by Gasteiger charge is -2.12. The quantitative estimate of drug-likeness (QED) is 0.200. The Balaban J connectivity index is 2.15. The fourth-order valence-corrected chi connectivity index (χ4v) is 7.59. The normalized spacial score (nSPS) is 13.3. The summed E-state index contributed by atoms with van der Waals surface area (Å²) in [5.41, 5.74) is 14.6. The summed E-state index contributed by atoms with van der Waals surface area (Å²) in [6.45, 7) is 18.7. The van der Waals surface area contributed by atoms with Crippen molar-refractivity contribution in [2.75, 3.05) is 0 Å². The minimum Gasteiger partial charge on any atom is -0.355 e. The first kappa shape index (κ1) is 30.5. The van der Waals surface area contributed by atoms with Gasteiger partial charge in [-0.2, -0.15) is 0 Å². The van der Waals surface area contributed by atoms with Gasteiger partial charge in [-0.15, -0.1) is 0 Å². The smallest absolute Gasteiger partial charge is 0.211 e. The lowest BCUT2D eigenvalue weighted by molar-refractivity contribution is -0.108. The van der Waals surface area contributed by atoms with Crippen molar-refractivity contribution in [2.24, 2.45) is 0 Å². The maximum Gasteiger partial charge on any atom is 0.211 e. The highest BCUT2D eigenvalue weighted by atomic mass is 16.1. The second-order valence-corrected chi connectivity index (χ2v) is 11.3. The van der Waals surface area contributed by atoms with Gasteiger partial charge in [0, 0.05) is 34.3 Å². The van der Waals surface area contributed by atoms with Crippen LogP contribution in [0.25, 0.3) is 22.4 Å². The Hall–Kier alpha value is -3.93. The van der Waals surface area contributed by atoms with E-state index in [-0.39, 0.29) is 0 Å². The summed E-state index contributed by atoms with van der Waals surface area (Å²) in [7, 11) is 0. The summed E-state index contributed by atoms with van der Waals surface area (Å²) < 4.78 is 2.46. The van der Waals surface area contributed by atoms with Crippen LogP contribution in [0.3, 0.4) is 0 Å². The summed E-state index contributed by atoms with van der Waals surface area (Å²) in [6.07, 6.45) is 7.13. The molecule has 6 nitrogen and oxygen atoms in total. The van der Waals surface area contributed by atoms with Gasteiger partial charge in [-0.25, -0.2) is 0 Å². The lowest BCUT2D eigenvalue weighted by Crippen LogP contribution is -2.34. The van der Waals surface area contributed by atoms with Gasteiger partial charge in [0.05, 0.1) is 22.1 Å². The van der Waals surface area contributed by atoms with E-state index < -0.39 is 0 Å². The van der Waals surface area contributed by atoms with Crippen LogP contribution in [0.5, 0.6) is 0 Å². The standard InChI is InChI=1S/C37H49N5O/c1-9-22-23(10-2)34-35(38-21-43)37-25(12-4)24(11-3)36(42(37)16-8)28(15-7)32-20-18-30(40-32)26(13-5)29-17-19-31(39-29)27(14-6)33(22)41-34/h17-21,39-41H,9-16H2,1-8H3,(H,38,43). The molecule has 1 amide bonds. The van der Waals surface area contributed by atoms with Gasteiger partial charge in [-0.3, -0.25) is 4.79 Å². The van der Waals surface area contributed by atoms with Crippen molar-refractivity contribution in [1.29, 1.82) is 0 Å². The Morgan fingerprint density at radius 1 is 0.581 bits per heavy atom. The molecule has 43 heavy (non-hydrogen) atoms. The van der Waals surface area contributed by atoms with Crippen molar-refractivity contribution in [3.63, 3.8) is 0 Å². The summed E-state index contributed by atoms with van der Waals surface area (Å²) in [5, 5.41) is 7.93. The second kappa shape index (κ2) is 12.7. The number of fused-ring (bicyclic) bond motifs is 8. The number of hydrogen-bond acceptors (Lipinski definition) is 1. The van der Waals surface area contributed by atoms with Gasteiger partial charge in [0.2, 0.25) is 6.41 Å². The van der Waals surface area contributed by atoms with Crippen LogP contribution in [-0.2, 0) is 37.0 Å². The lowest BCUT2D eigenvalue weighted by atomic mass is 9.97. The number of hydrogen-bond donors (Lipinski definition) is 4. The van der Waals surface area contributed by atoms with Gasteiger partial charge < -0.3 is 24.8 Å². The number of carbonyl (C=O) groups excluding carboxylic acids is 1. The van der Waals surface area contributed by atoms with Crippen LogP contribution in [0.15, 0.2) is 24.3 Å². The van der Waals surface area contributed by atoms with Crippen molar-refractivity contribution in [1.82, 2.24) is 24.8 Å². The summed E-state index contributed by atoms with van der Waals surface area (Å²) >= 11 is 0. The molecule has 0 aromatic carbocycles. The summed E-state index contributed by atoms with van der Waals surface area (Å²) in [6, 6.07) is 8.95. The maximum absolute atomic E-state index is 12.4. The van der Waals surface area contributed by atoms with E-state index in [0.717, 1.165) is 96.7 Å². The van der Waals surface area contributed by atoms with Crippen LogP contribution in [0.2, 0.25) is 0 Å². The number of carbonyl (C=O) groups is 1. The highest BCUT2D eigenvalue weighted by molar-refractivity contribution is 5.79. The van der Waals surface area contributed by atoms with Crippen molar-refractivity contribution in [3.05, 3.63) is 90.7 Å². The molecule has 1 aliphatic heterocycles. The Kier molecular flexibility index (Phi) is 9.05. The van der Waals surface area contributed by atoms with E-state index in [1.165, 1.54) is 50.0 Å². The highest BCUT2D eigenvalue weighted by Crippen LogP contribution is 2.30. The molecular weight excluding hydrogens is 530 g/mol. The van der Waals surface area contributed by atoms with Gasteiger partial charge in [-0.05, 0) is 115 Å². The predicted octanol–water partition coefficient (Wildman–Crippen LogP) is 4.78. The van der Waals surface area contributed by atoms with Crippen LogP contribution in [0, 0.1) is 0 Å². The minimum absolute atomic E-state index is 0.802. The Morgan fingerprint density at radius 3 is 1.65 bits per heavy atom. The van der Waals surface area contributed by atoms with Gasteiger partial charge >= 0.3 is 0 Å². The average molecular weight is 580 g/mol. The van der Waals surface area contributed by atoms with E-state index in [2.05, 4.69) is 104 Å². The van der Waals surface area contributed by atoms with Crippen molar-refractivity contribution in [2.45, 2.75) is 107 Å². The Labute approximate surface area is 255 Å². The van der Waals surface area contributed by atoms with E-state index in [4.69, 9.17) is 0 Å². The molecule has 0 unspecified atom stereocenters. The fraction of sp³-hybridized carbons (Fsp3) is 0.432. The largest absolute Gasteiger partial charge is 0.355 e. The van der Waals surface area contributed by atoms with Crippen molar-refractivity contribution in [3.8, 4) is 0 Å². The molecule has 4 aromatic heterocycles. The van der Waals surface area contributed by atoms with Gasteiger partial charge in [0.1, 0.15) is 0 Å². The molecule has 5 heterocycles. The first-order valence-corrected chi connectivity index (χ1v) is 16.5. The zero-order chi connectivity index (χ0) is 30.8. The van der Waals surface area contributed by atoms with Crippen molar-refractivity contribution >= 4 is 28.8 Å². The average Bonchev–Trinajstić information content (AvgIpc) is 3.82. The van der Waals surface area contributed by atoms with E-state index >= 15 is 0 Å². The van der Waals surface area contributed by atoms with Gasteiger partial charge in [0.15, 0.2) is 0 Å². The van der Waals surface area contributed by atoms with Crippen molar-refractivity contribution < 1.29 is 4.79 Å².